The number of hydrogen-bond donors (Lipinski definition) is 2. The predicted octanol–water partition coefficient (Wildman–Crippen LogP) is 0.457. The van der Waals surface area contributed by atoms with E-state index in [4.69, 9.17) is 4.74 Å². The molecule has 0 aromatic heterocycles. The van der Waals surface area contributed by atoms with E-state index in [9.17, 15) is 14.7 Å². The van der Waals surface area contributed by atoms with Crippen LogP contribution in [0.15, 0.2) is 11.1 Å². The van der Waals surface area contributed by atoms with Crippen LogP contribution in [0.2, 0.25) is 0 Å². The van der Waals surface area contributed by atoms with E-state index in [1.165, 1.54) is 6.92 Å². The van der Waals surface area contributed by atoms with Crippen molar-refractivity contribution in [2.45, 2.75) is 31.8 Å². The maximum absolute atomic E-state index is 11.5. The number of aliphatic carboxylic acids is 1. The summed E-state index contributed by atoms with van der Waals surface area (Å²) in [7, 11) is 0. The van der Waals surface area contributed by atoms with Crippen LogP contribution in [0.3, 0.4) is 0 Å². The van der Waals surface area contributed by atoms with Gasteiger partial charge in [-0.25, -0.2) is 9.59 Å². The summed E-state index contributed by atoms with van der Waals surface area (Å²) in [5.74, 6) is -1.52. The smallest absolute Gasteiger partial charge is 0.336 e. The number of carboxylic acid groups (broad SMARTS) is 1. The van der Waals surface area contributed by atoms with Gasteiger partial charge in [0.25, 0.3) is 0 Å². The highest BCUT2D eigenvalue weighted by molar-refractivity contribution is 6.04. The Morgan fingerprint density at radius 3 is 2.88 bits per heavy atom. The van der Waals surface area contributed by atoms with Gasteiger partial charge in [0.1, 0.15) is 5.60 Å². The summed E-state index contributed by atoms with van der Waals surface area (Å²) in [4.78, 5) is 22.7. The minimum Gasteiger partial charge on any atom is -0.478 e. The van der Waals surface area contributed by atoms with Crippen LogP contribution in [-0.4, -0.2) is 35.7 Å². The molecule has 5 heteroatoms. The summed E-state index contributed by atoms with van der Waals surface area (Å²) >= 11 is 0. The first-order chi connectivity index (χ1) is 7.57. The van der Waals surface area contributed by atoms with Crippen molar-refractivity contribution >= 4 is 11.9 Å². The second-order valence-electron chi connectivity index (χ2n) is 4.29. The van der Waals surface area contributed by atoms with E-state index in [-0.39, 0.29) is 11.1 Å². The van der Waals surface area contributed by atoms with Gasteiger partial charge in [-0.1, -0.05) is 0 Å². The Bertz CT molecular complexity index is 364. The molecule has 0 aromatic carbocycles. The zero-order valence-electron chi connectivity index (χ0n) is 9.21. The average Bonchev–Trinajstić information content (AvgIpc) is 2.40. The van der Waals surface area contributed by atoms with E-state index >= 15 is 0 Å². The largest absolute Gasteiger partial charge is 0.478 e. The van der Waals surface area contributed by atoms with Crippen molar-refractivity contribution in [2.24, 2.45) is 0 Å². The molecule has 2 aliphatic heterocycles. The Hall–Kier alpha value is -1.36. The van der Waals surface area contributed by atoms with Gasteiger partial charge < -0.3 is 15.2 Å². The summed E-state index contributed by atoms with van der Waals surface area (Å²) in [6, 6.07) is 0. The number of carbonyl (C=O) groups is 2. The maximum atomic E-state index is 11.5. The van der Waals surface area contributed by atoms with E-state index in [2.05, 4.69) is 5.32 Å². The van der Waals surface area contributed by atoms with E-state index < -0.39 is 17.5 Å². The van der Waals surface area contributed by atoms with Gasteiger partial charge in [0.05, 0.1) is 5.57 Å². The number of ether oxygens (including phenoxy) is 1. The van der Waals surface area contributed by atoms with Gasteiger partial charge in [0.15, 0.2) is 0 Å². The highest BCUT2D eigenvalue weighted by atomic mass is 16.6. The predicted molar refractivity (Wildman–Crippen MR) is 55.9 cm³/mol. The van der Waals surface area contributed by atoms with Crippen LogP contribution in [0.25, 0.3) is 0 Å². The monoisotopic (exact) mass is 225 g/mol. The lowest BCUT2D eigenvalue weighted by molar-refractivity contribution is -0.149. The third-order valence-corrected chi connectivity index (χ3v) is 3.28. The van der Waals surface area contributed by atoms with Crippen LogP contribution in [0.5, 0.6) is 0 Å². The lowest BCUT2D eigenvalue weighted by Gasteiger charge is -2.27. The summed E-state index contributed by atoms with van der Waals surface area (Å²) in [5, 5.41) is 12.4. The highest BCUT2D eigenvalue weighted by Crippen LogP contribution is 2.39. The Morgan fingerprint density at radius 1 is 1.44 bits per heavy atom. The molecule has 1 fully saturated rings. The standard InChI is InChI=1S/C11H15NO4/c1-7-8(9(13)14)11(16-10(7)15)3-2-5-12-6-4-11/h12H,2-6H2,1H3,(H,13,14). The summed E-state index contributed by atoms with van der Waals surface area (Å²) in [6.07, 6.45) is 1.94. The number of carbonyl (C=O) groups excluding carboxylic acids is 1. The third kappa shape index (κ3) is 1.61. The molecule has 1 saturated heterocycles. The Balaban J connectivity index is 2.40. The van der Waals surface area contributed by atoms with Gasteiger partial charge in [0, 0.05) is 12.0 Å². The average molecular weight is 225 g/mol. The Morgan fingerprint density at radius 2 is 2.19 bits per heavy atom. The van der Waals surface area contributed by atoms with E-state index in [1.54, 1.807) is 0 Å². The molecule has 0 radical (unpaired) electrons. The van der Waals surface area contributed by atoms with E-state index in [1.807, 2.05) is 0 Å². The zero-order chi connectivity index (χ0) is 11.8. The SMILES string of the molecule is CC1=C(C(=O)O)C2(CCCNCC2)OC1=O. The number of nitrogens with one attached hydrogen (secondary N) is 1. The van der Waals surface area contributed by atoms with Crippen molar-refractivity contribution in [2.75, 3.05) is 13.1 Å². The van der Waals surface area contributed by atoms with Gasteiger partial charge in [-0.05, 0) is 32.9 Å². The highest BCUT2D eigenvalue weighted by Gasteiger charge is 2.49. The second kappa shape index (κ2) is 3.90. The van der Waals surface area contributed by atoms with Crippen LogP contribution in [0.4, 0.5) is 0 Å². The Labute approximate surface area is 93.5 Å². The van der Waals surface area contributed by atoms with Crippen LogP contribution in [0, 0.1) is 0 Å². The fraction of sp³-hybridized carbons (Fsp3) is 0.636. The quantitative estimate of drug-likeness (QED) is 0.634. The van der Waals surface area contributed by atoms with Crippen LogP contribution < -0.4 is 5.32 Å². The third-order valence-electron chi connectivity index (χ3n) is 3.28. The summed E-state index contributed by atoms with van der Waals surface area (Å²) in [6.45, 7) is 3.04. The second-order valence-corrected chi connectivity index (χ2v) is 4.29. The zero-order valence-corrected chi connectivity index (χ0v) is 9.21. The maximum Gasteiger partial charge on any atom is 0.336 e. The van der Waals surface area contributed by atoms with E-state index in [0.717, 1.165) is 13.0 Å². The van der Waals surface area contributed by atoms with Crippen molar-refractivity contribution in [3.05, 3.63) is 11.1 Å². The van der Waals surface area contributed by atoms with Crippen LogP contribution in [-0.2, 0) is 14.3 Å². The van der Waals surface area contributed by atoms with Gasteiger partial charge in [0.2, 0.25) is 0 Å². The molecular formula is C11H15NO4. The van der Waals surface area contributed by atoms with Gasteiger partial charge in [-0.15, -0.1) is 0 Å². The van der Waals surface area contributed by atoms with Crippen molar-refractivity contribution in [3.63, 3.8) is 0 Å². The summed E-state index contributed by atoms with van der Waals surface area (Å²) in [5.41, 5.74) is -0.494. The number of carboxylic acids is 1. The molecule has 2 N–H and O–H groups in total. The molecule has 1 spiro atoms. The Kier molecular flexibility index (Phi) is 2.71. The fourth-order valence-corrected chi connectivity index (χ4v) is 2.50. The van der Waals surface area contributed by atoms with E-state index in [0.29, 0.717) is 19.4 Å². The molecule has 2 aliphatic rings. The number of rotatable bonds is 1. The normalized spacial score (nSPS) is 30.4. The topological polar surface area (TPSA) is 75.6 Å². The molecular weight excluding hydrogens is 210 g/mol. The minimum absolute atomic E-state index is 0.154. The van der Waals surface area contributed by atoms with Gasteiger partial charge >= 0.3 is 11.9 Å². The molecule has 0 bridgehead atoms. The molecule has 2 heterocycles. The minimum atomic E-state index is -1.04. The van der Waals surface area contributed by atoms with Gasteiger partial charge in [-0.2, -0.15) is 0 Å². The first-order valence-electron chi connectivity index (χ1n) is 5.45. The number of esters is 1. The fourth-order valence-electron chi connectivity index (χ4n) is 2.50. The molecule has 5 nitrogen and oxygen atoms in total. The van der Waals surface area contributed by atoms with Crippen molar-refractivity contribution in [1.29, 1.82) is 0 Å². The van der Waals surface area contributed by atoms with Crippen LogP contribution in [0.1, 0.15) is 26.2 Å². The van der Waals surface area contributed by atoms with Crippen LogP contribution >= 0.6 is 0 Å². The van der Waals surface area contributed by atoms with Crippen molar-refractivity contribution in [3.8, 4) is 0 Å². The van der Waals surface area contributed by atoms with Crippen molar-refractivity contribution in [1.82, 2.24) is 5.32 Å². The van der Waals surface area contributed by atoms with Crippen molar-refractivity contribution < 1.29 is 19.4 Å². The first-order valence-corrected chi connectivity index (χ1v) is 5.45. The molecule has 2 rings (SSSR count). The molecule has 0 aromatic rings. The molecule has 1 unspecified atom stereocenters. The number of hydrogen-bond acceptors (Lipinski definition) is 4. The molecule has 16 heavy (non-hydrogen) atoms. The van der Waals surface area contributed by atoms with Gasteiger partial charge in [-0.3, -0.25) is 0 Å². The summed E-state index contributed by atoms with van der Waals surface area (Å²) < 4.78 is 5.32. The molecule has 1 atom stereocenters. The lowest BCUT2D eigenvalue weighted by atomic mass is 9.85. The molecule has 0 aliphatic carbocycles. The molecule has 0 amide bonds. The molecule has 88 valence electrons. The first kappa shape index (κ1) is 11.1. The lowest BCUT2D eigenvalue weighted by Crippen LogP contribution is -2.36. The molecule has 0 saturated carbocycles.